The van der Waals surface area contributed by atoms with E-state index in [1.807, 2.05) is 13.0 Å². The Balaban J connectivity index is 2.10. The van der Waals surface area contributed by atoms with Crippen LogP contribution in [-0.4, -0.2) is 11.2 Å². The fourth-order valence-electron chi connectivity index (χ4n) is 2.75. The Morgan fingerprint density at radius 3 is 2.82 bits per heavy atom. The molecule has 0 saturated heterocycles. The molecule has 1 aliphatic carbocycles. The first-order chi connectivity index (χ1) is 8.16. The van der Waals surface area contributed by atoms with Crippen LogP contribution in [0, 0.1) is 18.7 Å². The molecule has 2 unspecified atom stereocenters. The lowest BCUT2D eigenvalue weighted by Gasteiger charge is -2.21. The monoisotopic (exact) mass is 236 g/mol. The van der Waals surface area contributed by atoms with Gasteiger partial charge in [0.25, 0.3) is 0 Å². The van der Waals surface area contributed by atoms with Gasteiger partial charge in [0.05, 0.1) is 6.10 Å². The Morgan fingerprint density at radius 2 is 2.00 bits per heavy atom. The number of benzene rings is 1. The minimum Gasteiger partial charge on any atom is -0.393 e. The summed E-state index contributed by atoms with van der Waals surface area (Å²) in [5.74, 6) is 0.131. The van der Waals surface area contributed by atoms with Crippen LogP contribution in [-0.2, 0) is 6.42 Å². The predicted octanol–water partition coefficient (Wildman–Crippen LogP) is 3.62. The van der Waals surface area contributed by atoms with Gasteiger partial charge in [-0.25, -0.2) is 4.39 Å². The number of hydrogen-bond acceptors (Lipinski definition) is 1. The lowest BCUT2D eigenvalue weighted by Crippen LogP contribution is -2.21. The highest BCUT2D eigenvalue weighted by atomic mass is 19.1. The number of rotatable bonds is 2. The molecule has 0 amide bonds. The van der Waals surface area contributed by atoms with E-state index in [4.69, 9.17) is 0 Å². The molecule has 1 aromatic carbocycles. The third-order valence-corrected chi connectivity index (χ3v) is 3.91. The van der Waals surface area contributed by atoms with E-state index < -0.39 is 0 Å². The molecule has 2 atom stereocenters. The number of hydrogen-bond donors (Lipinski definition) is 1. The number of aliphatic hydroxyl groups excluding tert-OH is 1. The van der Waals surface area contributed by atoms with Gasteiger partial charge in [-0.15, -0.1) is 0 Å². The summed E-state index contributed by atoms with van der Waals surface area (Å²) in [5.41, 5.74) is 2.18. The highest BCUT2D eigenvalue weighted by molar-refractivity contribution is 5.27. The summed E-state index contributed by atoms with van der Waals surface area (Å²) in [7, 11) is 0. The van der Waals surface area contributed by atoms with Crippen LogP contribution in [0.2, 0.25) is 0 Å². The van der Waals surface area contributed by atoms with Gasteiger partial charge in [-0.3, -0.25) is 0 Å². The second-order valence-corrected chi connectivity index (χ2v) is 5.24. The van der Waals surface area contributed by atoms with E-state index in [2.05, 4.69) is 0 Å². The van der Waals surface area contributed by atoms with Crippen molar-refractivity contribution in [2.24, 2.45) is 5.92 Å². The molecule has 0 bridgehead atoms. The summed E-state index contributed by atoms with van der Waals surface area (Å²) >= 11 is 0. The van der Waals surface area contributed by atoms with E-state index >= 15 is 0 Å². The second-order valence-electron chi connectivity index (χ2n) is 5.24. The molecule has 94 valence electrons. The van der Waals surface area contributed by atoms with E-state index in [-0.39, 0.29) is 11.9 Å². The first kappa shape index (κ1) is 12.6. The number of halogens is 1. The van der Waals surface area contributed by atoms with Gasteiger partial charge in [0.1, 0.15) is 5.82 Å². The van der Waals surface area contributed by atoms with Crippen LogP contribution in [0.5, 0.6) is 0 Å². The maximum atomic E-state index is 13.2. The average Bonchev–Trinajstić information content (AvgIpc) is 2.50. The molecule has 0 heterocycles. The normalized spacial score (nSPS) is 25.6. The molecule has 1 nitrogen and oxygen atoms in total. The van der Waals surface area contributed by atoms with Crippen molar-refractivity contribution in [3.63, 3.8) is 0 Å². The van der Waals surface area contributed by atoms with E-state index in [1.54, 1.807) is 6.07 Å². The molecule has 0 spiro atoms. The topological polar surface area (TPSA) is 20.2 Å². The van der Waals surface area contributed by atoms with Crippen molar-refractivity contribution in [3.05, 3.63) is 35.1 Å². The largest absolute Gasteiger partial charge is 0.393 e. The van der Waals surface area contributed by atoms with Crippen molar-refractivity contribution in [3.8, 4) is 0 Å². The van der Waals surface area contributed by atoms with E-state index in [1.165, 1.54) is 18.9 Å². The molecular formula is C15H21FO. The highest BCUT2D eigenvalue weighted by Crippen LogP contribution is 2.27. The van der Waals surface area contributed by atoms with Crippen LogP contribution in [0.15, 0.2) is 18.2 Å². The van der Waals surface area contributed by atoms with Gasteiger partial charge in [0.2, 0.25) is 0 Å². The molecule has 0 radical (unpaired) electrons. The summed E-state index contributed by atoms with van der Waals surface area (Å²) in [6, 6.07) is 4.95. The van der Waals surface area contributed by atoms with E-state index in [9.17, 15) is 9.50 Å². The summed E-state index contributed by atoms with van der Waals surface area (Å²) in [4.78, 5) is 0. The van der Waals surface area contributed by atoms with Crippen molar-refractivity contribution < 1.29 is 9.50 Å². The third kappa shape index (κ3) is 3.29. The molecule has 2 heteroatoms. The van der Waals surface area contributed by atoms with Gasteiger partial charge in [-0.2, -0.15) is 0 Å². The first-order valence-electron chi connectivity index (χ1n) is 6.60. The van der Waals surface area contributed by atoms with Crippen LogP contribution >= 0.6 is 0 Å². The van der Waals surface area contributed by atoms with Crippen LogP contribution in [0.1, 0.15) is 43.2 Å². The molecule has 1 aromatic rings. The maximum absolute atomic E-state index is 13.2. The van der Waals surface area contributed by atoms with Gasteiger partial charge in [-0.05, 0) is 55.4 Å². The van der Waals surface area contributed by atoms with Gasteiger partial charge in [-0.1, -0.05) is 25.3 Å². The summed E-state index contributed by atoms with van der Waals surface area (Å²) < 4.78 is 13.2. The quantitative estimate of drug-likeness (QED) is 0.778. The standard InChI is InChI=1S/C15H21FO/c1-11-7-8-14(16)10-13(11)9-12-5-3-2-4-6-15(12)17/h7-8,10,12,15,17H,2-6,9H2,1H3. The van der Waals surface area contributed by atoms with Crippen LogP contribution in [0.3, 0.4) is 0 Å². The minimum atomic E-state index is -0.208. The smallest absolute Gasteiger partial charge is 0.123 e. The fourth-order valence-corrected chi connectivity index (χ4v) is 2.75. The van der Waals surface area contributed by atoms with Crippen molar-refractivity contribution in [1.82, 2.24) is 0 Å². The van der Waals surface area contributed by atoms with E-state index in [0.29, 0.717) is 5.92 Å². The molecule has 1 saturated carbocycles. The highest BCUT2D eigenvalue weighted by Gasteiger charge is 2.22. The zero-order chi connectivity index (χ0) is 12.3. The van der Waals surface area contributed by atoms with Crippen LogP contribution < -0.4 is 0 Å². The molecule has 2 rings (SSSR count). The number of aliphatic hydroxyl groups is 1. The van der Waals surface area contributed by atoms with Gasteiger partial charge < -0.3 is 5.11 Å². The van der Waals surface area contributed by atoms with Gasteiger partial charge in [0.15, 0.2) is 0 Å². The molecule has 17 heavy (non-hydrogen) atoms. The summed E-state index contributed by atoms with van der Waals surface area (Å²) in [5, 5.41) is 10.1. The Morgan fingerprint density at radius 1 is 1.24 bits per heavy atom. The van der Waals surface area contributed by atoms with Crippen molar-refractivity contribution in [2.75, 3.05) is 0 Å². The molecule has 0 aromatic heterocycles. The third-order valence-electron chi connectivity index (χ3n) is 3.91. The lowest BCUT2D eigenvalue weighted by molar-refractivity contribution is 0.100. The van der Waals surface area contributed by atoms with Crippen molar-refractivity contribution in [2.45, 2.75) is 51.6 Å². The Bertz CT molecular complexity index is 375. The minimum absolute atomic E-state index is 0.172. The molecular weight excluding hydrogens is 215 g/mol. The molecule has 1 fully saturated rings. The van der Waals surface area contributed by atoms with Crippen molar-refractivity contribution in [1.29, 1.82) is 0 Å². The van der Waals surface area contributed by atoms with E-state index in [0.717, 1.165) is 36.8 Å². The lowest BCUT2D eigenvalue weighted by atomic mass is 9.88. The zero-order valence-corrected chi connectivity index (χ0v) is 10.5. The second kappa shape index (κ2) is 5.63. The van der Waals surface area contributed by atoms with Crippen LogP contribution in [0.4, 0.5) is 4.39 Å². The SMILES string of the molecule is Cc1ccc(F)cc1CC1CCCCCC1O. The van der Waals surface area contributed by atoms with Crippen molar-refractivity contribution >= 4 is 0 Å². The fraction of sp³-hybridized carbons (Fsp3) is 0.600. The summed E-state index contributed by atoms with van der Waals surface area (Å²) in [6.45, 7) is 2.01. The molecule has 1 N–H and O–H groups in total. The Labute approximate surface area is 103 Å². The molecule has 0 aliphatic heterocycles. The van der Waals surface area contributed by atoms with Gasteiger partial charge >= 0.3 is 0 Å². The first-order valence-corrected chi connectivity index (χ1v) is 6.60. The molecule has 1 aliphatic rings. The maximum Gasteiger partial charge on any atom is 0.123 e. The summed E-state index contributed by atoms with van der Waals surface area (Å²) in [6.07, 6.45) is 6.10. The average molecular weight is 236 g/mol. The zero-order valence-electron chi connectivity index (χ0n) is 10.5. The van der Waals surface area contributed by atoms with Gasteiger partial charge in [0, 0.05) is 0 Å². The predicted molar refractivity (Wildman–Crippen MR) is 67.4 cm³/mol. The number of aryl methyl sites for hydroxylation is 1. The van der Waals surface area contributed by atoms with Crippen LogP contribution in [0.25, 0.3) is 0 Å². The Kier molecular flexibility index (Phi) is 4.16. The Hall–Kier alpha value is -0.890.